The third-order valence-corrected chi connectivity index (χ3v) is 5.17. The van der Waals surface area contributed by atoms with E-state index in [9.17, 15) is 14.0 Å². The van der Waals surface area contributed by atoms with Crippen molar-refractivity contribution in [2.75, 3.05) is 33.3 Å². The number of carbonyl (C=O) groups is 2. The Bertz CT molecular complexity index is 929. The van der Waals surface area contributed by atoms with E-state index in [0.29, 0.717) is 43.4 Å². The lowest BCUT2D eigenvalue weighted by Crippen LogP contribution is -2.65. The van der Waals surface area contributed by atoms with E-state index in [1.165, 1.54) is 19.2 Å². The van der Waals surface area contributed by atoms with Gasteiger partial charge in [-0.1, -0.05) is 0 Å². The van der Waals surface area contributed by atoms with Gasteiger partial charge in [0.25, 0.3) is 0 Å². The summed E-state index contributed by atoms with van der Waals surface area (Å²) in [5.41, 5.74) is 0.906. The first kappa shape index (κ1) is 18.4. The molecule has 4 rings (SSSR count). The van der Waals surface area contributed by atoms with Crippen molar-refractivity contribution >= 4 is 11.8 Å². The minimum absolute atomic E-state index is 0.0577. The zero-order valence-corrected chi connectivity index (χ0v) is 15.7. The van der Waals surface area contributed by atoms with Gasteiger partial charge in [-0.3, -0.25) is 14.5 Å². The van der Waals surface area contributed by atoms with Gasteiger partial charge in [-0.05, 0) is 25.1 Å². The number of benzene rings is 1. The average Bonchev–Trinajstić information content (AvgIpc) is 3.05. The number of ether oxygens (including phenoxy) is 1. The summed E-state index contributed by atoms with van der Waals surface area (Å²) in [6, 6.07) is 3.90. The van der Waals surface area contributed by atoms with Crippen molar-refractivity contribution in [2.45, 2.75) is 19.5 Å². The second-order valence-electron chi connectivity index (χ2n) is 6.92. The van der Waals surface area contributed by atoms with Gasteiger partial charge in [0.2, 0.25) is 17.7 Å². The fraction of sp³-hybridized carbons (Fsp3) is 0.421. The van der Waals surface area contributed by atoms with E-state index in [4.69, 9.17) is 9.15 Å². The molecule has 1 N–H and O–H groups in total. The summed E-state index contributed by atoms with van der Waals surface area (Å²) in [6.45, 7) is 3.83. The van der Waals surface area contributed by atoms with Crippen LogP contribution in [0.2, 0.25) is 0 Å². The highest BCUT2D eigenvalue weighted by Gasteiger charge is 2.38. The fourth-order valence-corrected chi connectivity index (χ4v) is 3.59. The maximum atomic E-state index is 14.2. The molecule has 2 aliphatic heterocycles. The predicted molar refractivity (Wildman–Crippen MR) is 97.0 cm³/mol. The van der Waals surface area contributed by atoms with Crippen LogP contribution in [0.15, 0.2) is 22.6 Å². The number of methoxy groups -OCH3 is 1. The normalized spacial score (nSPS) is 20.1. The molecule has 1 aromatic heterocycles. The third kappa shape index (κ3) is 3.33. The Hall–Kier alpha value is -2.94. The van der Waals surface area contributed by atoms with Crippen molar-refractivity contribution < 1.29 is 23.1 Å². The SMILES string of the molecule is COc1ccc(F)c(-c2nc(CN3CCN4C(=O)CNC(=O)[C@H]4C3)c(C)o2)c1. The number of oxazole rings is 1. The molecule has 1 aromatic carbocycles. The molecule has 9 heteroatoms. The molecule has 0 spiro atoms. The van der Waals surface area contributed by atoms with Gasteiger partial charge in [0, 0.05) is 26.2 Å². The lowest BCUT2D eigenvalue weighted by molar-refractivity contribution is -0.149. The summed E-state index contributed by atoms with van der Waals surface area (Å²) in [4.78, 5) is 32.2. The number of rotatable bonds is 4. The molecule has 2 saturated heterocycles. The summed E-state index contributed by atoms with van der Waals surface area (Å²) in [7, 11) is 1.51. The van der Waals surface area contributed by atoms with Crippen LogP contribution in [0.25, 0.3) is 11.5 Å². The van der Waals surface area contributed by atoms with Crippen LogP contribution >= 0.6 is 0 Å². The Morgan fingerprint density at radius 1 is 1.36 bits per heavy atom. The fourth-order valence-electron chi connectivity index (χ4n) is 3.59. The summed E-state index contributed by atoms with van der Waals surface area (Å²) < 4.78 is 25.0. The molecule has 2 aliphatic rings. The van der Waals surface area contributed by atoms with Gasteiger partial charge < -0.3 is 19.4 Å². The van der Waals surface area contributed by atoms with Crippen LogP contribution in [0.3, 0.4) is 0 Å². The quantitative estimate of drug-likeness (QED) is 0.839. The summed E-state index contributed by atoms with van der Waals surface area (Å²) >= 11 is 0. The van der Waals surface area contributed by atoms with Gasteiger partial charge >= 0.3 is 0 Å². The molecule has 28 heavy (non-hydrogen) atoms. The molecule has 8 nitrogen and oxygen atoms in total. The van der Waals surface area contributed by atoms with Crippen LogP contribution in [-0.2, 0) is 16.1 Å². The second kappa shape index (κ2) is 7.23. The van der Waals surface area contributed by atoms with Gasteiger partial charge in [-0.2, -0.15) is 0 Å². The van der Waals surface area contributed by atoms with E-state index < -0.39 is 11.9 Å². The molecule has 1 atom stereocenters. The highest BCUT2D eigenvalue weighted by Crippen LogP contribution is 2.28. The number of hydrogen-bond donors (Lipinski definition) is 1. The summed E-state index contributed by atoms with van der Waals surface area (Å²) in [6.07, 6.45) is 0. The van der Waals surface area contributed by atoms with Crippen LogP contribution in [-0.4, -0.2) is 65.9 Å². The number of nitrogens with zero attached hydrogens (tertiary/aromatic N) is 3. The van der Waals surface area contributed by atoms with Crippen LogP contribution in [0.4, 0.5) is 4.39 Å². The zero-order valence-electron chi connectivity index (χ0n) is 15.7. The Morgan fingerprint density at radius 2 is 2.18 bits per heavy atom. The van der Waals surface area contributed by atoms with Crippen LogP contribution in [0.1, 0.15) is 11.5 Å². The average molecular weight is 388 g/mol. The summed E-state index contributed by atoms with van der Waals surface area (Å²) in [5.74, 6) is 0.646. The lowest BCUT2D eigenvalue weighted by Gasteiger charge is -2.42. The zero-order chi connectivity index (χ0) is 19.8. The van der Waals surface area contributed by atoms with Gasteiger partial charge in [0.05, 0.1) is 24.9 Å². The largest absolute Gasteiger partial charge is 0.497 e. The molecule has 2 amide bonds. The molecule has 0 bridgehead atoms. The number of fused-ring (bicyclic) bond motifs is 1. The van der Waals surface area contributed by atoms with Gasteiger partial charge in [0.15, 0.2) is 0 Å². The molecule has 3 heterocycles. The number of carbonyl (C=O) groups excluding carboxylic acids is 2. The van der Waals surface area contributed by atoms with Crippen molar-refractivity contribution in [3.8, 4) is 17.2 Å². The maximum Gasteiger partial charge on any atom is 0.244 e. The first-order valence-corrected chi connectivity index (χ1v) is 9.06. The van der Waals surface area contributed by atoms with Crippen molar-refractivity contribution in [3.63, 3.8) is 0 Å². The van der Waals surface area contributed by atoms with E-state index in [0.717, 1.165) is 0 Å². The standard InChI is InChI=1S/C19H21FN4O4/c1-11-15(22-19(28-11)13-7-12(27-2)3-4-14(13)20)9-23-5-6-24-16(10-23)18(26)21-8-17(24)25/h3-4,7,16H,5-6,8-10H2,1-2H3,(H,21,26)/t16-/m1/s1. The van der Waals surface area contributed by atoms with E-state index >= 15 is 0 Å². The monoisotopic (exact) mass is 388 g/mol. The molecule has 0 radical (unpaired) electrons. The van der Waals surface area contributed by atoms with Crippen molar-refractivity contribution in [2.24, 2.45) is 0 Å². The maximum absolute atomic E-state index is 14.2. The molecule has 148 valence electrons. The van der Waals surface area contributed by atoms with E-state index in [1.54, 1.807) is 17.9 Å². The van der Waals surface area contributed by atoms with Crippen molar-refractivity contribution in [1.29, 1.82) is 0 Å². The molecule has 2 aromatic rings. The Balaban J connectivity index is 1.52. The highest BCUT2D eigenvalue weighted by molar-refractivity contribution is 5.95. The lowest BCUT2D eigenvalue weighted by atomic mass is 10.1. The minimum atomic E-state index is -0.488. The van der Waals surface area contributed by atoms with Crippen LogP contribution in [0, 0.1) is 12.7 Å². The Labute approximate surface area is 161 Å². The molecule has 0 saturated carbocycles. The highest BCUT2D eigenvalue weighted by atomic mass is 19.1. The number of piperazine rings is 2. The van der Waals surface area contributed by atoms with Crippen molar-refractivity contribution in [3.05, 3.63) is 35.5 Å². The topological polar surface area (TPSA) is 87.9 Å². The number of nitrogens with one attached hydrogen (secondary N) is 1. The third-order valence-electron chi connectivity index (χ3n) is 5.17. The Kier molecular flexibility index (Phi) is 4.76. The number of amides is 2. The predicted octanol–water partition coefficient (Wildman–Crippen LogP) is 0.940. The second-order valence-corrected chi connectivity index (χ2v) is 6.92. The number of aryl methyl sites for hydroxylation is 1. The first-order valence-electron chi connectivity index (χ1n) is 9.06. The van der Waals surface area contributed by atoms with Crippen LogP contribution < -0.4 is 10.1 Å². The van der Waals surface area contributed by atoms with Crippen molar-refractivity contribution in [1.82, 2.24) is 20.1 Å². The van der Waals surface area contributed by atoms with Gasteiger partial charge in [-0.15, -0.1) is 0 Å². The molecular weight excluding hydrogens is 367 g/mol. The summed E-state index contributed by atoms with van der Waals surface area (Å²) in [5, 5.41) is 2.62. The molecule has 0 unspecified atom stereocenters. The minimum Gasteiger partial charge on any atom is -0.497 e. The Morgan fingerprint density at radius 3 is 2.96 bits per heavy atom. The first-order chi connectivity index (χ1) is 13.5. The van der Waals surface area contributed by atoms with Gasteiger partial charge in [-0.25, -0.2) is 9.37 Å². The van der Waals surface area contributed by atoms with E-state index in [-0.39, 0.29) is 29.8 Å². The van der Waals surface area contributed by atoms with E-state index in [2.05, 4.69) is 15.2 Å². The number of halogens is 1. The molecular formula is C19H21FN4O4. The number of aromatic nitrogens is 1. The molecule has 0 aliphatic carbocycles. The number of hydrogen-bond acceptors (Lipinski definition) is 6. The van der Waals surface area contributed by atoms with E-state index in [1.807, 2.05) is 0 Å². The van der Waals surface area contributed by atoms with Crippen LogP contribution in [0.5, 0.6) is 5.75 Å². The van der Waals surface area contributed by atoms with Gasteiger partial charge in [0.1, 0.15) is 23.4 Å². The molecule has 2 fully saturated rings. The smallest absolute Gasteiger partial charge is 0.244 e.